The summed E-state index contributed by atoms with van der Waals surface area (Å²) < 4.78 is 0. The first-order chi connectivity index (χ1) is 8.62. The molecule has 18 heavy (non-hydrogen) atoms. The fourth-order valence-corrected chi connectivity index (χ4v) is 3.61. The lowest BCUT2D eigenvalue weighted by Crippen LogP contribution is -2.53. The van der Waals surface area contributed by atoms with E-state index in [-0.39, 0.29) is 5.41 Å². The number of nitrogens with one attached hydrogen (secondary N) is 1. The van der Waals surface area contributed by atoms with Gasteiger partial charge < -0.3 is 10.2 Å². The van der Waals surface area contributed by atoms with Crippen molar-refractivity contribution in [1.29, 1.82) is 0 Å². The summed E-state index contributed by atoms with van der Waals surface area (Å²) >= 11 is 0. The third-order valence-electron chi connectivity index (χ3n) is 5.08. The molecule has 2 aliphatic rings. The van der Waals surface area contributed by atoms with Gasteiger partial charge in [-0.25, -0.2) is 0 Å². The Morgan fingerprint density at radius 2 is 2.22 bits per heavy atom. The molecule has 2 aliphatic heterocycles. The minimum absolute atomic E-state index is 0.134. The van der Waals surface area contributed by atoms with Gasteiger partial charge in [0.1, 0.15) is 0 Å². The van der Waals surface area contributed by atoms with Crippen molar-refractivity contribution in [3.05, 3.63) is 0 Å². The fraction of sp³-hybridized carbons (Fsp3) is 0.933. The number of hydrogen-bond donors (Lipinski definition) is 1. The molecule has 3 heteroatoms. The molecule has 1 amide bonds. The molecule has 2 atom stereocenters. The Labute approximate surface area is 111 Å². The van der Waals surface area contributed by atoms with E-state index in [9.17, 15) is 4.79 Å². The maximum atomic E-state index is 13.0. The first-order valence-corrected chi connectivity index (χ1v) is 7.63. The molecule has 0 spiro atoms. The Bertz CT molecular complexity index is 295. The molecule has 0 aliphatic carbocycles. The predicted octanol–water partition coefficient (Wildman–Crippen LogP) is 2.41. The van der Waals surface area contributed by atoms with E-state index in [2.05, 4.69) is 31.0 Å². The SMILES string of the molecule is CCC1CCCCN1C(=O)C1(C(C)C)CCNC1. The van der Waals surface area contributed by atoms with Gasteiger partial charge in [0.05, 0.1) is 5.41 Å². The summed E-state index contributed by atoms with van der Waals surface area (Å²) in [6.07, 6.45) is 5.78. The molecular formula is C15H28N2O. The third kappa shape index (κ3) is 2.29. The van der Waals surface area contributed by atoms with Crippen LogP contribution in [0.15, 0.2) is 0 Å². The molecule has 1 N–H and O–H groups in total. The zero-order chi connectivity index (χ0) is 13.2. The Hall–Kier alpha value is -0.570. The van der Waals surface area contributed by atoms with Crippen molar-refractivity contribution in [3.8, 4) is 0 Å². The third-order valence-corrected chi connectivity index (χ3v) is 5.08. The summed E-state index contributed by atoms with van der Waals surface area (Å²) in [4.78, 5) is 15.2. The van der Waals surface area contributed by atoms with Crippen molar-refractivity contribution in [2.24, 2.45) is 11.3 Å². The molecule has 104 valence electrons. The number of carbonyl (C=O) groups is 1. The van der Waals surface area contributed by atoms with Crippen LogP contribution in [0.1, 0.15) is 52.9 Å². The van der Waals surface area contributed by atoms with E-state index in [4.69, 9.17) is 0 Å². The van der Waals surface area contributed by atoms with Gasteiger partial charge in [-0.15, -0.1) is 0 Å². The number of piperidine rings is 1. The Morgan fingerprint density at radius 3 is 2.78 bits per heavy atom. The van der Waals surface area contributed by atoms with Crippen LogP contribution >= 0.6 is 0 Å². The van der Waals surface area contributed by atoms with Crippen LogP contribution in [0.5, 0.6) is 0 Å². The lowest BCUT2D eigenvalue weighted by molar-refractivity contribution is -0.147. The molecule has 0 bridgehead atoms. The van der Waals surface area contributed by atoms with Gasteiger partial charge in [0.25, 0.3) is 0 Å². The molecule has 0 saturated carbocycles. The summed E-state index contributed by atoms with van der Waals surface area (Å²) in [6.45, 7) is 9.47. The minimum Gasteiger partial charge on any atom is -0.339 e. The highest BCUT2D eigenvalue weighted by Gasteiger charge is 2.47. The molecule has 2 fully saturated rings. The Morgan fingerprint density at radius 1 is 1.44 bits per heavy atom. The van der Waals surface area contributed by atoms with Gasteiger partial charge in [0.2, 0.25) is 5.91 Å². The maximum Gasteiger partial charge on any atom is 0.230 e. The molecule has 2 unspecified atom stereocenters. The summed E-state index contributed by atoms with van der Waals surface area (Å²) in [5.41, 5.74) is -0.134. The van der Waals surface area contributed by atoms with Gasteiger partial charge >= 0.3 is 0 Å². The van der Waals surface area contributed by atoms with Crippen molar-refractivity contribution in [2.75, 3.05) is 19.6 Å². The van der Waals surface area contributed by atoms with Crippen LogP contribution in [-0.2, 0) is 4.79 Å². The van der Waals surface area contributed by atoms with Gasteiger partial charge in [-0.2, -0.15) is 0 Å². The number of carbonyl (C=O) groups excluding carboxylic acids is 1. The molecule has 0 aromatic carbocycles. The van der Waals surface area contributed by atoms with Gasteiger partial charge in [0, 0.05) is 19.1 Å². The van der Waals surface area contributed by atoms with Gasteiger partial charge in [-0.1, -0.05) is 20.8 Å². The van der Waals surface area contributed by atoms with Crippen LogP contribution < -0.4 is 5.32 Å². The standard InChI is InChI=1S/C15H28N2O/c1-4-13-7-5-6-10-17(13)14(18)15(12(2)3)8-9-16-11-15/h12-13,16H,4-11H2,1-3H3. The van der Waals surface area contributed by atoms with E-state index in [1.54, 1.807) is 0 Å². The summed E-state index contributed by atoms with van der Waals surface area (Å²) in [5, 5.41) is 3.40. The van der Waals surface area contributed by atoms with E-state index >= 15 is 0 Å². The highest BCUT2D eigenvalue weighted by atomic mass is 16.2. The molecule has 3 nitrogen and oxygen atoms in total. The number of hydrogen-bond acceptors (Lipinski definition) is 2. The average Bonchev–Trinajstić information content (AvgIpc) is 2.88. The largest absolute Gasteiger partial charge is 0.339 e. The molecule has 2 saturated heterocycles. The molecule has 2 rings (SSSR count). The predicted molar refractivity (Wildman–Crippen MR) is 74.4 cm³/mol. The number of likely N-dealkylation sites (tertiary alicyclic amines) is 1. The Kier molecular flexibility index (Phi) is 4.31. The molecule has 0 aromatic rings. The van der Waals surface area contributed by atoms with Crippen molar-refractivity contribution < 1.29 is 4.79 Å². The van der Waals surface area contributed by atoms with Crippen molar-refractivity contribution in [3.63, 3.8) is 0 Å². The van der Waals surface area contributed by atoms with E-state index in [0.717, 1.165) is 32.5 Å². The van der Waals surface area contributed by atoms with Crippen LogP contribution in [0.25, 0.3) is 0 Å². The number of rotatable bonds is 3. The zero-order valence-corrected chi connectivity index (χ0v) is 12.2. The smallest absolute Gasteiger partial charge is 0.230 e. The number of nitrogens with zero attached hydrogens (tertiary/aromatic N) is 1. The van der Waals surface area contributed by atoms with E-state index in [0.29, 0.717) is 17.9 Å². The zero-order valence-electron chi connectivity index (χ0n) is 12.2. The van der Waals surface area contributed by atoms with Gasteiger partial charge in [-0.3, -0.25) is 4.79 Å². The summed E-state index contributed by atoms with van der Waals surface area (Å²) in [6, 6.07) is 0.488. The highest BCUT2D eigenvalue weighted by molar-refractivity contribution is 5.84. The topological polar surface area (TPSA) is 32.3 Å². The monoisotopic (exact) mass is 252 g/mol. The van der Waals surface area contributed by atoms with Gasteiger partial charge in [0.15, 0.2) is 0 Å². The first kappa shape index (κ1) is 13.9. The van der Waals surface area contributed by atoms with E-state index < -0.39 is 0 Å². The Balaban J connectivity index is 2.17. The summed E-state index contributed by atoms with van der Waals surface area (Å²) in [7, 11) is 0. The first-order valence-electron chi connectivity index (χ1n) is 7.63. The van der Waals surface area contributed by atoms with Crippen LogP contribution in [0.4, 0.5) is 0 Å². The maximum absolute atomic E-state index is 13.0. The minimum atomic E-state index is -0.134. The number of amides is 1. The van der Waals surface area contributed by atoms with Crippen molar-refractivity contribution >= 4 is 5.91 Å². The van der Waals surface area contributed by atoms with Crippen LogP contribution in [0, 0.1) is 11.3 Å². The quantitative estimate of drug-likeness (QED) is 0.836. The average molecular weight is 252 g/mol. The van der Waals surface area contributed by atoms with Gasteiger partial charge in [-0.05, 0) is 44.6 Å². The molecule has 0 radical (unpaired) electrons. The van der Waals surface area contributed by atoms with Crippen molar-refractivity contribution in [1.82, 2.24) is 10.2 Å². The normalized spacial score (nSPS) is 33.1. The second-order valence-electron chi connectivity index (χ2n) is 6.29. The lowest BCUT2D eigenvalue weighted by atomic mass is 9.74. The lowest BCUT2D eigenvalue weighted by Gasteiger charge is -2.42. The summed E-state index contributed by atoms with van der Waals surface area (Å²) in [5.74, 6) is 0.855. The highest BCUT2D eigenvalue weighted by Crippen LogP contribution is 2.38. The van der Waals surface area contributed by atoms with Crippen LogP contribution in [0.2, 0.25) is 0 Å². The van der Waals surface area contributed by atoms with Crippen LogP contribution in [0.3, 0.4) is 0 Å². The second kappa shape index (κ2) is 5.60. The van der Waals surface area contributed by atoms with Crippen molar-refractivity contribution in [2.45, 2.75) is 58.9 Å². The fourth-order valence-electron chi connectivity index (χ4n) is 3.61. The molecule has 0 aromatic heterocycles. The van der Waals surface area contributed by atoms with E-state index in [1.165, 1.54) is 19.3 Å². The molecule has 2 heterocycles. The van der Waals surface area contributed by atoms with E-state index in [1.807, 2.05) is 0 Å². The molecular weight excluding hydrogens is 224 g/mol. The second-order valence-corrected chi connectivity index (χ2v) is 6.29. The van der Waals surface area contributed by atoms with Crippen LogP contribution in [-0.4, -0.2) is 36.5 Å².